The molecule has 0 radical (unpaired) electrons. The van der Waals surface area contributed by atoms with Crippen molar-refractivity contribution < 1.29 is 7.65 Å². The second-order valence-electron chi connectivity index (χ2n) is 4.59. The Bertz CT molecular complexity index is 867. The van der Waals surface area contributed by atoms with Gasteiger partial charge in [0, 0.05) is 30.6 Å². The zero-order valence-electron chi connectivity index (χ0n) is 15.0. The van der Waals surface area contributed by atoms with E-state index in [0.29, 0.717) is 16.6 Å². The van der Waals surface area contributed by atoms with Crippen molar-refractivity contribution in [2.45, 2.75) is 27.7 Å². The van der Waals surface area contributed by atoms with Gasteiger partial charge in [0.05, 0.1) is 5.35 Å². The summed E-state index contributed by atoms with van der Waals surface area (Å²) in [5.74, 6) is -0.0297. The number of ketones is 1. The summed E-state index contributed by atoms with van der Waals surface area (Å²) in [7, 11) is 0. The zero-order valence-corrected chi connectivity index (χ0v) is 15.0. The van der Waals surface area contributed by atoms with E-state index < -0.39 is 0 Å². The predicted molar refractivity (Wildman–Crippen MR) is 110 cm³/mol. The SMILES string of the molecule is C=Cc1[nH]/c(=C2/Nc3ccccc3C2=O)c(=C)c1C=C.CC.CC.[HH].[HH]. The summed E-state index contributed by atoms with van der Waals surface area (Å²) >= 11 is 0. The highest BCUT2D eigenvalue weighted by Crippen LogP contribution is 2.27. The smallest absolute Gasteiger partial charge is 0.213 e. The van der Waals surface area contributed by atoms with E-state index in [9.17, 15) is 4.79 Å². The molecule has 1 aliphatic rings. The Labute approximate surface area is 147 Å². The van der Waals surface area contributed by atoms with Gasteiger partial charge in [-0.05, 0) is 18.2 Å². The molecular formula is C21H30N2O. The van der Waals surface area contributed by atoms with Crippen molar-refractivity contribution in [3.05, 3.63) is 64.8 Å². The van der Waals surface area contributed by atoms with Crippen molar-refractivity contribution in [2.24, 2.45) is 0 Å². The van der Waals surface area contributed by atoms with Crippen LogP contribution in [0.25, 0.3) is 24.4 Å². The number of nitrogens with one attached hydrogen (secondary N) is 2. The summed E-state index contributed by atoms with van der Waals surface area (Å²) in [6, 6.07) is 7.44. The van der Waals surface area contributed by atoms with E-state index in [1.807, 2.05) is 52.0 Å². The highest BCUT2D eigenvalue weighted by Gasteiger charge is 2.25. The first-order valence-corrected chi connectivity index (χ1v) is 8.28. The normalized spacial score (nSPS) is 13.6. The number of aromatic amines is 1. The molecule has 0 saturated heterocycles. The van der Waals surface area contributed by atoms with Gasteiger partial charge in [-0.15, -0.1) is 0 Å². The van der Waals surface area contributed by atoms with Gasteiger partial charge in [0.25, 0.3) is 0 Å². The van der Waals surface area contributed by atoms with E-state index in [2.05, 4.69) is 30.0 Å². The van der Waals surface area contributed by atoms with Crippen molar-refractivity contribution in [1.82, 2.24) is 4.98 Å². The lowest BCUT2D eigenvalue weighted by molar-refractivity contribution is 0.105. The number of para-hydroxylation sites is 1. The van der Waals surface area contributed by atoms with Gasteiger partial charge in [-0.25, -0.2) is 0 Å². The van der Waals surface area contributed by atoms with Crippen LogP contribution in [0.5, 0.6) is 0 Å². The lowest BCUT2D eigenvalue weighted by Crippen LogP contribution is -2.29. The average Bonchev–Trinajstić information content (AvgIpc) is 3.15. The third-order valence-electron chi connectivity index (χ3n) is 3.49. The Balaban J connectivity index is 0. The van der Waals surface area contributed by atoms with Crippen LogP contribution in [0.1, 0.15) is 52.2 Å². The van der Waals surface area contributed by atoms with Gasteiger partial charge in [-0.1, -0.05) is 65.6 Å². The van der Waals surface area contributed by atoms with Gasteiger partial charge in [0.15, 0.2) is 0 Å². The molecule has 1 aliphatic heterocycles. The summed E-state index contributed by atoms with van der Waals surface area (Å²) in [5.41, 5.74) is 3.71. The van der Waals surface area contributed by atoms with Crippen molar-refractivity contribution in [3.8, 4) is 0 Å². The number of fused-ring (bicyclic) bond motifs is 1. The van der Waals surface area contributed by atoms with E-state index in [1.165, 1.54) is 0 Å². The zero-order chi connectivity index (χ0) is 18.3. The second-order valence-corrected chi connectivity index (χ2v) is 4.59. The molecule has 24 heavy (non-hydrogen) atoms. The summed E-state index contributed by atoms with van der Waals surface area (Å²) < 4.78 is 0. The maximum Gasteiger partial charge on any atom is 0.213 e. The molecule has 3 heteroatoms. The molecule has 0 spiro atoms. The number of Topliss-reactive ketones (excluding diaryl/α,β-unsaturated/α-hetero) is 1. The minimum atomic E-state index is -0.0297. The van der Waals surface area contributed by atoms with Gasteiger partial charge in [-0.3, -0.25) is 4.79 Å². The number of H-pyrrole nitrogens is 1. The third-order valence-corrected chi connectivity index (χ3v) is 3.49. The van der Waals surface area contributed by atoms with Crippen LogP contribution in [-0.2, 0) is 0 Å². The number of hydrogen-bond donors (Lipinski definition) is 2. The first-order chi connectivity index (χ1) is 11.7. The summed E-state index contributed by atoms with van der Waals surface area (Å²) in [6.45, 7) is 19.6. The molecule has 1 aromatic carbocycles. The fourth-order valence-electron chi connectivity index (χ4n) is 2.47. The lowest BCUT2D eigenvalue weighted by atomic mass is 10.1. The number of carbonyl (C=O) groups is 1. The Morgan fingerprint density at radius 3 is 2.17 bits per heavy atom. The molecule has 0 fully saturated rings. The van der Waals surface area contributed by atoms with Crippen LogP contribution in [0.3, 0.4) is 0 Å². The van der Waals surface area contributed by atoms with E-state index >= 15 is 0 Å². The second kappa shape index (κ2) is 8.73. The van der Waals surface area contributed by atoms with E-state index in [1.54, 1.807) is 12.2 Å². The third kappa shape index (κ3) is 3.25. The number of aromatic nitrogens is 1. The maximum absolute atomic E-state index is 12.4. The quantitative estimate of drug-likeness (QED) is 0.842. The number of benzene rings is 1. The van der Waals surface area contributed by atoms with Crippen LogP contribution in [0.2, 0.25) is 0 Å². The molecule has 2 aromatic rings. The van der Waals surface area contributed by atoms with E-state index in [4.69, 9.17) is 0 Å². The average molecular weight is 326 g/mol. The fourth-order valence-corrected chi connectivity index (χ4v) is 2.47. The van der Waals surface area contributed by atoms with Crippen LogP contribution < -0.4 is 15.9 Å². The summed E-state index contributed by atoms with van der Waals surface area (Å²) in [4.78, 5) is 15.6. The van der Waals surface area contributed by atoms with Crippen molar-refractivity contribution in [1.29, 1.82) is 0 Å². The van der Waals surface area contributed by atoms with Crippen LogP contribution in [0.15, 0.2) is 37.4 Å². The van der Waals surface area contributed by atoms with Crippen LogP contribution in [-0.4, -0.2) is 10.8 Å². The number of carbonyl (C=O) groups excluding carboxylic acids is 1. The van der Waals surface area contributed by atoms with E-state index in [0.717, 1.165) is 22.2 Å². The molecule has 0 aliphatic carbocycles. The van der Waals surface area contributed by atoms with Crippen molar-refractivity contribution >= 4 is 35.9 Å². The van der Waals surface area contributed by atoms with E-state index in [-0.39, 0.29) is 8.64 Å². The Hall–Kier alpha value is -2.81. The van der Waals surface area contributed by atoms with Crippen molar-refractivity contribution in [2.75, 3.05) is 5.32 Å². The highest BCUT2D eigenvalue weighted by atomic mass is 16.1. The molecule has 0 amide bonds. The van der Waals surface area contributed by atoms with Crippen molar-refractivity contribution in [3.63, 3.8) is 0 Å². The molecule has 0 saturated carbocycles. The largest absolute Gasteiger partial charge is 0.353 e. The first-order valence-electron chi connectivity index (χ1n) is 8.28. The van der Waals surface area contributed by atoms with Crippen LogP contribution in [0, 0.1) is 0 Å². The highest BCUT2D eigenvalue weighted by molar-refractivity contribution is 6.33. The summed E-state index contributed by atoms with van der Waals surface area (Å²) in [6.07, 6.45) is 3.41. The molecule has 130 valence electrons. The molecule has 3 nitrogen and oxygen atoms in total. The lowest BCUT2D eigenvalue weighted by Gasteiger charge is -1.96. The van der Waals surface area contributed by atoms with Gasteiger partial charge >= 0.3 is 0 Å². The van der Waals surface area contributed by atoms with Gasteiger partial charge in [-0.2, -0.15) is 0 Å². The predicted octanol–water partition coefficient (Wildman–Crippen LogP) is 4.67. The summed E-state index contributed by atoms with van der Waals surface area (Å²) in [5, 5.41) is 4.60. The van der Waals surface area contributed by atoms with Gasteiger partial charge in [0.2, 0.25) is 5.78 Å². The van der Waals surface area contributed by atoms with Crippen LogP contribution >= 0.6 is 0 Å². The molecule has 0 unspecified atom stereocenters. The topological polar surface area (TPSA) is 44.9 Å². The molecular weight excluding hydrogens is 296 g/mol. The molecule has 2 N–H and O–H groups in total. The molecule has 1 aromatic heterocycles. The number of hydrogen-bond acceptors (Lipinski definition) is 2. The standard InChI is InChI=1S/C17H14N2O.2C2H6.2H2/c1-4-11-10(3)15(18-13(11)5-2)16-17(20)12-8-6-7-9-14(12)19-16;2*1-2;;/h4-9,18-19H,1-3H2;2*1-2H3;2*1H/b16-15+;;;;. The Kier molecular flexibility index (Phi) is 6.99. The number of rotatable bonds is 2. The molecule has 0 bridgehead atoms. The molecule has 3 rings (SSSR count). The van der Waals surface area contributed by atoms with Crippen LogP contribution in [0.4, 0.5) is 5.69 Å². The monoisotopic (exact) mass is 326 g/mol. The molecule has 0 atom stereocenters. The Morgan fingerprint density at radius 2 is 1.67 bits per heavy atom. The number of anilines is 1. The Morgan fingerprint density at radius 1 is 1.04 bits per heavy atom. The van der Waals surface area contributed by atoms with Gasteiger partial charge in [0.1, 0.15) is 5.70 Å². The minimum absolute atomic E-state index is 0. The van der Waals surface area contributed by atoms with Gasteiger partial charge < -0.3 is 10.3 Å². The maximum atomic E-state index is 12.4. The first kappa shape index (κ1) is 19.2. The minimum Gasteiger partial charge on any atom is -0.353 e. The molecule has 2 heterocycles. The fraction of sp³-hybridized carbons (Fsp3) is 0.190.